The molecule has 0 bridgehead atoms. The van der Waals surface area contributed by atoms with E-state index in [9.17, 15) is 0 Å². The van der Waals surface area contributed by atoms with Crippen LogP contribution in [0.3, 0.4) is 0 Å². The molecule has 2 aromatic carbocycles. The van der Waals surface area contributed by atoms with Gasteiger partial charge in [0, 0.05) is 18.4 Å². The fourth-order valence-electron chi connectivity index (χ4n) is 2.24. The van der Waals surface area contributed by atoms with E-state index in [2.05, 4.69) is 45.7 Å². The number of hydrogen-bond acceptors (Lipinski definition) is 4. The molecule has 1 heterocycles. The summed E-state index contributed by atoms with van der Waals surface area (Å²) in [5.41, 5.74) is 3.21. The van der Waals surface area contributed by atoms with Crippen molar-refractivity contribution in [2.24, 2.45) is 0 Å². The lowest BCUT2D eigenvalue weighted by molar-refractivity contribution is 1.08. The lowest BCUT2D eigenvalue weighted by atomic mass is 10.1. The Bertz CT molecular complexity index is 852. The zero-order chi connectivity index (χ0) is 16.9. The van der Waals surface area contributed by atoms with Crippen LogP contribution in [0.1, 0.15) is 11.1 Å². The average Bonchev–Trinajstić information content (AvgIpc) is 2.57. The van der Waals surface area contributed by atoms with Gasteiger partial charge in [-0.25, -0.2) is 4.98 Å². The fourth-order valence-corrected chi connectivity index (χ4v) is 2.53. The van der Waals surface area contributed by atoms with Crippen LogP contribution in [0.15, 0.2) is 54.7 Å². The molecule has 122 valence electrons. The Kier molecular flexibility index (Phi) is 5.18. The zero-order valence-electron chi connectivity index (χ0n) is 13.1. The number of nitrogens with zero attached hydrogens (tertiary/aromatic N) is 2. The zero-order valence-corrected chi connectivity index (χ0v) is 14.6. The smallest absolute Gasteiger partial charge is 0.229 e. The van der Waals surface area contributed by atoms with Crippen molar-refractivity contribution in [1.82, 2.24) is 9.97 Å². The molecule has 0 saturated carbocycles. The minimum atomic E-state index is 0.482. The van der Waals surface area contributed by atoms with Crippen LogP contribution in [0.2, 0.25) is 10.0 Å². The van der Waals surface area contributed by atoms with Gasteiger partial charge in [-0.1, -0.05) is 53.0 Å². The van der Waals surface area contributed by atoms with Gasteiger partial charge < -0.3 is 10.6 Å². The fraction of sp³-hybridized carbons (Fsp3) is 0.111. The first-order chi connectivity index (χ1) is 11.6. The van der Waals surface area contributed by atoms with Gasteiger partial charge in [-0.15, -0.1) is 0 Å². The predicted molar refractivity (Wildman–Crippen MR) is 100 cm³/mol. The van der Waals surface area contributed by atoms with Crippen LogP contribution < -0.4 is 10.6 Å². The first kappa shape index (κ1) is 16.6. The molecule has 0 radical (unpaired) electrons. The Hall–Kier alpha value is -2.30. The number of halogens is 2. The quantitative estimate of drug-likeness (QED) is 0.636. The summed E-state index contributed by atoms with van der Waals surface area (Å²) in [7, 11) is 0. The van der Waals surface area contributed by atoms with Crippen LogP contribution in [-0.2, 0) is 6.54 Å². The summed E-state index contributed by atoms with van der Waals surface area (Å²) in [6.45, 7) is 2.78. The predicted octanol–water partition coefficient (Wildman–Crippen LogP) is 5.45. The highest BCUT2D eigenvalue weighted by Gasteiger charge is 2.03. The molecule has 1 aromatic heterocycles. The van der Waals surface area contributed by atoms with E-state index in [1.54, 1.807) is 18.3 Å². The summed E-state index contributed by atoms with van der Waals surface area (Å²) >= 11 is 11.9. The van der Waals surface area contributed by atoms with E-state index in [0.717, 1.165) is 11.5 Å². The molecule has 0 aliphatic carbocycles. The topological polar surface area (TPSA) is 49.8 Å². The highest BCUT2D eigenvalue weighted by molar-refractivity contribution is 6.42. The largest absolute Gasteiger partial charge is 0.366 e. The number of benzene rings is 2. The Morgan fingerprint density at radius 1 is 1.00 bits per heavy atom. The summed E-state index contributed by atoms with van der Waals surface area (Å²) in [4.78, 5) is 8.67. The molecule has 3 aromatic rings. The minimum Gasteiger partial charge on any atom is -0.366 e. The molecule has 0 unspecified atom stereocenters. The summed E-state index contributed by atoms with van der Waals surface area (Å²) in [6, 6.07) is 15.5. The van der Waals surface area contributed by atoms with E-state index in [0.29, 0.717) is 22.5 Å². The molecule has 0 amide bonds. The summed E-state index contributed by atoms with van der Waals surface area (Å²) < 4.78 is 0. The van der Waals surface area contributed by atoms with E-state index in [4.69, 9.17) is 23.2 Å². The SMILES string of the molecule is Cc1cccc(CNc2ccnc(Nc3ccc(Cl)c(Cl)c3)n2)c1. The number of aromatic nitrogens is 2. The number of hydrogen-bond donors (Lipinski definition) is 2. The normalized spacial score (nSPS) is 10.5. The van der Waals surface area contributed by atoms with Crippen molar-refractivity contribution in [2.75, 3.05) is 10.6 Å². The molecule has 0 atom stereocenters. The van der Waals surface area contributed by atoms with E-state index < -0.39 is 0 Å². The van der Waals surface area contributed by atoms with Crippen LogP contribution in [0.4, 0.5) is 17.5 Å². The molecule has 4 nitrogen and oxygen atoms in total. The third kappa shape index (κ3) is 4.37. The second-order valence-corrected chi connectivity index (χ2v) is 6.18. The van der Waals surface area contributed by atoms with E-state index >= 15 is 0 Å². The van der Waals surface area contributed by atoms with Crippen LogP contribution in [0.5, 0.6) is 0 Å². The van der Waals surface area contributed by atoms with E-state index in [1.165, 1.54) is 11.1 Å². The van der Waals surface area contributed by atoms with Crippen LogP contribution in [0.25, 0.3) is 0 Å². The molecule has 0 fully saturated rings. The van der Waals surface area contributed by atoms with Crippen molar-refractivity contribution in [3.05, 3.63) is 75.9 Å². The Labute approximate surface area is 150 Å². The molecule has 0 saturated heterocycles. The van der Waals surface area contributed by atoms with Crippen molar-refractivity contribution in [2.45, 2.75) is 13.5 Å². The lowest BCUT2D eigenvalue weighted by Gasteiger charge is -2.09. The van der Waals surface area contributed by atoms with Gasteiger partial charge in [-0.2, -0.15) is 4.98 Å². The van der Waals surface area contributed by atoms with Gasteiger partial charge in [0.2, 0.25) is 5.95 Å². The second-order valence-electron chi connectivity index (χ2n) is 5.36. The molecule has 24 heavy (non-hydrogen) atoms. The maximum absolute atomic E-state index is 6.02. The Balaban J connectivity index is 1.68. The number of anilines is 3. The standard InChI is InChI=1S/C18H16Cl2N4/c1-12-3-2-4-13(9-12)11-22-17-7-8-21-18(24-17)23-14-5-6-15(19)16(20)10-14/h2-10H,11H2,1H3,(H2,21,22,23,24). The first-order valence-electron chi connectivity index (χ1n) is 7.45. The van der Waals surface area contributed by atoms with Crippen LogP contribution in [-0.4, -0.2) is 9.97 Å². The Morgan fingerprint density at radius 2 is 1.88 bits per heavy atom. The van der Waals surface area contributed by atoms with Crippen LogP contribution in [0, 0.1) is 6.92 Å². The molecule has 0 aliphatic rings. The summed E-state index contributed by atoms with van der Waals surface area (Å²) in [5.74, 6) is 1.23. The maximum Gasteiger partial charge on any atom is 0.229 e. The number of nitrogens with one attached hydrogen (secondary N) is 2. The van der Waals surface area contributed by atoms with Crippen molar-refractivity contribution < 1.29 is 0 Å². The van der Waals surface area contributed by atoms with Gasteiger partial charge in [0.25, 0.3) is 0 Å². The molecule has 0 spiro atoms. The van der Waals surface area contributed by atoms with Gasteiger partial charge in [0.15, 0.2) is 0 Å². The van der Waals surface area contributed by atoms with Gasteiger partial charge in [0.1, 0.15) is 5.82 Å². The summed E-state index contributed by atoms with van der Waals surface area (Å²) in [5, 5.41) is 7.40. The van der Waals surface area contributed by atoms with E-state index in [1.807, 2.05) is 18.2 Å². The molecule has 0 aliphatic heterocycles. The molecule has 3 rings (SSSR count). The highest BCUT2D eigenvalue weighted by Crippen LogP contribution is 2.26. The maximum atomic E-state index is 6.02. The van der Waals surface area contributed by atoms with Crippen molar-refractivity contribution in [3.63, 3.8) is 0 Å². The molecule has 6 heteroatoms. The summed E-state index contributed by atoms with van der Waals surface area (Å²) in [6.07, 6.45) is 1.70. The average molecular weight is 359 g/mol. The molecular weight excluding hydrogens is 343 g/mol. The molecular formula is C18H16Cl2N4. The number of aryl methyl sites for hydroxylation is 1. The van der Waals surface area contributed by atoms with Crippen molar-refractivity contribution in [1.29, 1.82) is 0 Å². The van der Waals surface area contributed by atoms with Crippen molar-refractivity contribution in [3.8, 4) is 0 Å². The van der Waals surface area contributed by atoms with Gasteiger partial charge in [-0.05, 0) is 36.8 Å². The Morgan fingerprint density at radius 3 is 2.67 bits per heavy atom. The third-order valence-corrected chi connectivity index (χ3v) is 4.13. The number of rotatable bonds is 5. The van der Waals surface area contributed by atoms with E-state index in [-0.39, 0.29) is 0 Å². The lowest BCUT2D eigenvalue weighted by Crippen LogP contribution is -2.04. The van der Waals surface area contributed by atoms with Crippen LogP contribution >= 0.6 is 23.2 Å². The van der Waals surface area contributed by atoms with Gasteiger partial charge >= 0.3 is 0 Å². The monoisotopic (exact) mass is 358 g/mol. The van der Waals surface area contributed by atoms with Gasteiger partial charge in [-0.3, -0.25) is 0 Å². The first-order valence-corrected chi connectivity index (χ1v) is 8.20. The molecule has 2 N–H and O–H groups in total. The third-order valence-electron chi connectivity index (χ3n) is 3.39. The minimum absolute atomic E-state index is 0.482. The second kappa shape index (κ2) is 7.51. The highest BCUT2D eigenvalue weighted by atomic mass is 35.5. The van der Waals surface area contributed by atoms with Crippen molar-refractivity contribution >= 4 is 40.7 Å². The van der Waals surface area contributed by atoms with Gasteiger partial charge in [0.05, 0.1) is 10.0 Å².